The van der Waals surface area contributed by atoms with Crippen molar-refractivity contribution in [2.75, 3.05) is 5.32 Å². The summed E-state index contributed by atoms with van der Waals surface area (Å²) in [5, 5.41) is 5.27. The highest BCUT2D eigenvalue weighted by Crippen LogP contribution is 2.45. The van der Waals surface area contributed by atoms with E-state index in [1.807, 2.05) is 4.57 Å². The summed E-state index contributed by atoms with van der Waals surface area (Å²) in [6, 6.07) is 1.71. The van der Waals surface area contributed by atoms with E-state index in [0.717, 1.165) is 35.5 Å². The van der Waals surface area contributed by atoms with E-state index in [2.05, 4.69) is 10.6 Å². The molecule has 2 aromatic rings. The van der Waals surface area contributed by atoms with Crippen LogP contribution in [0.4, 0.5) is 27.6 Å². The number of hydrogen-bond donors (Lipinski definition) is 3. The van der Waals surface area contributed by atoms with Gasteiger partial charge in [-0.05, 0) is 30.9 Å². The SMILES string of the molecule is Cc1c(CC(=O)NC2(C(N)=O)CC(F)(F)C2)c2n(c1CNc1cc(F)c(F)c(F)c1)CCC2. The van der Waals surface area contributed by atoms with Crippen molar-refractivity contribution in [3.63, 3.8) is 0 Å². The van der Waals surface area contributed by atoms with Crippen LogP contribution in [0.3, 0.4) is 0 Å². The molecule has 0 radical (unpaired) electrons. The minimum Gasteiger partial charge on any atom is -0.379 e. The summed E-state index contributed by atoms with van der Waals surface area (Å²) >= 11 is 0. The van der Waals surface area contributed by atoms with Gasteiger partial charge < -0.3 is 20.9 Å². The predicted molar refractivity (Wildman–Crippen MR) is 109 cm³/mol. The molecular formula is C22H23F5N4O2. The van der Waals surface area contributed by atoms with Crippen molar-refractivity contribution in [2.24, 2.45) is 5.73 Å². The standard InChI is InChI=1S/C22H23F5N4O2/c1-11-13(7-18(32)30-21(20(28)33)9-22(26,27)10-21)16-3-2-4-31(16)17(11)8-29-12-5-14(23)19(25)15(24)6-12/h5-6,29H,2-4,7-10H2,1H3,(H2,28,33)(H,30,32). The largest absolute Gasteiger partial charge is 0.379 e. The number of nitrogens with two attached hydrogens (primary N) is 1. The van der Waals surface area contributed by atoms with E-state index in [9.17, 15) is 31.5 Å². The number of rotatable bonds is 7. The second-order valence-electron chi connectivity index (χ2n) is 8.74. The molecule has 2 heterocycles. The van der Waals surface area contributed by atoms with Gasteiger partial charge in [-0.15, -0.1) is 0 Å². The molecule has 1 aliphatic carbocycles. The van der Waals surface area contributed by atoms with Crippen LogP contribution in [0.2, 0.25) is 0 Å². The van der Waals surface area contributed by atoms with Gasteiger partial charge in [0.25, 0.3) is 5.92 Å². The van der Waals surface area contributed by atoms with Gasteiger partial charge in [-0.2, -0.15) is 0 Å². The fourth-order valence-corrected chi connectivity index (χ4v) is 4.81. The number of alkyl halides is 2. The Morgan fingerprint density at radius 2 is 1.79 bits per heavy atom. The van der Waals surface area contributed by atoms with Gasteiger partial charge >= 0.3 is 0 Å². The lowest BCUT2D eigenvalue weighted by Gasteiger charge is -2.45. The molecule has 1 saturated carbocycles. The Kier molecular flexibility index (Phi) is 5.61. The summed E-state index contributed by atoms with van der Waals surface area (Å²) in [6.45, 7) is 2.64. The summed E-state index contributed by atoms with van der Waals surface area (Å²) in [5.74, 6) is -8.80. The first kappa shape index (κ1) is 23.1. The van der Waals surface area contributed by atoms with Crippen LogP contribution < -0.4 is 16.4 Å². The molecule has 4 N–H and O–H groups in total. The van der Waals surface area contributed by atoms with Gasteiger partial charge in [0.15, 0.2) is 17.5 Å². The van der Waals surface area contributed by atoms with E-state index in [1.165, 1.54) is 0 Å². The molecule has 0 atom stereocenters. The fourth-order valence-electron chi connectivity index (χ4n) is 4.81. The average Bonchev–Trinajstić information content (AvgIpc) is 3.25. The molecule has 1 aromatic heterocycles. The van der Waals surface area contributed by atoms with Gasteiger partial charge in [0.05, 0.1) is 13.0 Å². The first-order chi connectivity index (χ1) is 15.4. The van der Waals surface area contributed by atoms with Crippen LogP contribution in [0.15, 0.2) is 12.1 Å². The highest BCUT2D eigenvalue weighted by molar-refractivity contribution is 5.92. The lowest BCUT2D eigenvalue weighted by Crippen LogP contribution is -2.68. The van der Waals surface area contributed by atoms with Crippen molar-refractivity contribution in [1.82, 2.24) is 9.88 Å². The lowest BCUT2D eigenvalue weighted by molar-refractivity contribution is -0.163. The summed E-state index contributed by atoms with van der Waals surface area (Å²) < 4.78 is 69.0. The normalized spacial score (nSPS) is 17.9. The molecule has 2 amide bonds. The third kappa shape index (κ3) is 4.16. The molecule has 178 valence electrons. The molecule has 4 rings (SSSR count). The highest BCUT2D eigenvalue weighted by atomic mass is 19.3. The average molecular weight is 470 g/mol. The molecule has 0 unspecified atom stereocenters. The predicted octanol–water partition coefficient (Wildman–Crippen LogP) is 3.08. The van der Waals surface area contributed by atoms with Crippen LogP contribution in [0, 0.1) is 24.4 Å². The zero-order valence-electron chi connectivity index (χ0n) is 17.8. The first-order valence-corrected chi connectivity index (χ1v) is 10.5. The minimum atomic E-state index is -3.05. The number of carbonyl (C=O) groups excluding carboxylic acids is 2. The smallest absolute Gasteiger partial charge is 0.253 e. The molecule has 1 aromatic carbocycles. The molecule has 2 aliphatic rings. The van der Waals surface area contributed by atoms with Crippen LogP contribution >= 0.6 is 0 Å². The Balaban J connectivity index is 1.52. The van der Waals surface area contributed by atoms with Crippen LogP contribution in [0.5, 0.6) is 0 Å². The molecule has 6 nitrogen and oxygen atoms in total. The number of hydrogen-bond acceptors (Lipinski definition) is 3. The Labute approximate surface area is 186 Å². The van der Waals surface area contributed by atoms with E-state index in [0.29, 0.717) is 18.5 Å². The van der Waals surface area contributed by atoms with Crippen LogP contribution in [0.1, 0.15) is 41.8 Å². The van der Waals surface area contributed by atoms with Gasteiger partial charge in [-0.3, -0.25) is 9.59 Å². The summed E-state index contributed by atoms with van der Waals surface area (Å²) in [7, 11) is 0. The summed E-state index contributed by atoms with van der Waals surface area (Å²) in [5.41, 5.74) is 6.75. The van der Waals surface area contributed by atoms with Crippen LogP contribution in [0.25, 0.3) is 0 Å². The summed E-state index contributed by atoms with van der Waals surface area (Å²) in [4.78, 5) is 24.4. The van der Waals surface area contributed by atoms with E-state index in [-0.39, 0.29) is 18.7 Å². The van der Waals surface area contributed by atoms with Crippen LogP contribution in [-0.2, 0) is 35.5 Å². The topological polar surface area (TPSA) is 89.2 Å². The molecular weight excluding hydrogens is 447 g/mol. The van der Waals surface area contributed by atoms with E-state index < -0.39 is 53.6 Å². The number of carbonyl (C=O) groups is 2. The van der Waals surface area contributed by atoms with Crippen molar-refractivity contribution in [3.05, 3.63) is 52.1 Å². The monoisotopic (exact) mass is 470 g/mol. The second-order valence-corrected chi connectivity index (χ2v) is 8.74. The third-order valence-corrected chi connectivity index (χ3v) is 6.43. The zero-order chi connectivity index (χ0) is 24.1. The van der Waals surface area contributed by atoms with Gasteiger partial charge in [-0.25, -0.2) is 22.0 Å². The number of nitrogens with one attached hydrogen (secondary N) is 2. The maximum atomic E-state index is 13.5. The van der Waals surface area contributed by atoms with Crippen molar-refractivity contribution in [2.45, 2.75) is 63.6 Å². The van der Waals surface area contributed by atoms with E-state index in [1.54, 1.807) is 6.92 Å². The van der Waals surface area contributed by atoms with Gasteiger partial charge in [0.1, 0.15) is 5.54 Å². The Bertz CT molecular complexity index is 1110. The third-order valence-electron chi connectivity index (χ3n) is 6.43. The summed E-state index contributed by atoms with van der Waals surface area (Å²) in [6.07, 6.45) is -0.250. The Hall–Kier alpha value is -3.11. The zero-order valence-corrected chi connectivity index (χ0v) is 17.8. The number of primary amides is 1. The number of aromatic nitrogens is 1. The molecule has 0 spiro atoms. The van der Waals surface area contributed by atoms with Gasteiger partial charge in [0, 0.05) is 48.6 Å². The van der Waals surface area contributed by atoms with E-state index in [4.69, 9.17) is 5.73 Å². The lowest BCUT2D eigenvalue weighted by atomic mass is 9.72. The first-order valence-electron chi connectivity index (χ1n) is 10.5. The Morgan fingerprint density at radius 1 is 1.15 bits per heavy atom. The van der Waals surface area contributed by atoms with Crippen LogP contribution in [-0.4, -0.2) is 27.8 Å². The quantitative estimate of drug-likeness (QED) is 0.429. The minimum absolute atomic E-state index is 0.0629. The maximum absolute atomic E-state index is 13.5. The second kappa shape index (κ2) is 8.03. The van der Waals surface area contributed by atoms with Crippen molar-refractivity contribution < 1.29 is 31.5 Å². The molecule has 1 aliphatic heterocycles. The molecule has 0 bridgehead atoms. The number of nitrogens with zero attached hydrogens (tertiary/aromatic N) is 1. The molecule has 1 fully saturated rings. The maximum Gasteiger partial charge on any atom is 0.253 e. The fraction of sp³-hybridized carbons (Fsp3) is 0.455. The number of benzene rings is 1. The van der Waals surface area contributed by atoms with Crippen molar-refractivity contribution in [3.8, 4) is 0 Å². The van der Waals surface area contributed by atoms with Gasteiger partial charge in [0.2, 0.25) is 11.8 Å². The number of amides is 2. The Morgan fingerprint density at radius 3 is 2.36 bits per heavy atom. The highest BCUT2D eigenvalue weighted by Gasteiger charge is 2.61. The van der Waals surface area contributed by atoms with E-state index >= 15 is 0 Å². The number of halogens is 5. The molecule has 11 heteroatoms. The van der Waals surface area contributed by atoms with Crippen molar-refractivity contribution in [1.29, 1.82) is 0 Å². The van der Waals surface area contributed by atoms with Gasteiger partial charge in [-0.1, -0.05) is 0 Å². The van der Waals surface area contributed by atoms with Crippen molar-refractivity contribution >= 4 is 17.5 Å². The number of anilines is 1. The molecule has 33 heavy (non-hydrogen) atoms. The number of fused-ring (bicyclic) bond motifs is 1. The molecule has 0 saturated heterocycles.